The first-order valence-electron chi connectivity index (χ1n) is 11.1. The number of carbonyl (C=O) groups is 2. The third kappa shape index (κ3) is 6.19. The fourth-order valence-corrected chi connectivity index (χ4v) is 3.92. The van der Waals surface area contributed by atoms with Crippen molar-refractivity contribution >= 4 is 23.6 Å². The molecule has 0 radical (unpaired) electrons. The minimum Gasteiger partial charge on any atom is -0.343 e. The van der Waals surface area contributed by atoms with Gasteiger partial charge in [-0.05, 0) is 64.3 Å². The molecule has 3 aromatic rings. The monoisotopic (exact) mass is 444 g/mol. The van der Waals surface area contributed by atoms with Crippen LogP contribution in [0.4, 0.5) is 5.69 Å². The first-order chi connectivity index (χ1) is 15.6. The molecule has 0 aliphatic heterocycles. The Morgan fingerprint density at radius 3 is 2.21 bits per heavy atom. The number of nitrogens with zero attached hydrogens (tertiary/aromatic N) is 2. The highest BCUT2D eigenvalue weighted by atomic mass is 16.2. The smallest absolute Gasteiger partial charge is 0.244 e. The Morgan fingerprint density at radius 1 is 0.939 bits per heavy atom. The number of hydrogen-bond donors (Lipinski definition) is 2. The van der Waals surface area contributed by atoms with Gasteiger partial charge < -0.3 is 10.6 Å². The van der Waals surface area contributed by atoms with Gasteiger partial charge in [-0.3, -0.25) is 14.3 Å². The number of aryl methyl sites for hydroxylation is 5. The number of benzene rings is 2. The average molecular weight is 445 g/mol. The number of anilines is 1. The summed E-state index contributed by atoms with van der Waals surface area (Å²) in [5, 5.41) is 10.2. The highest BCUT2D eigenvalue weighted by molar-refractivity contribution is 5.98. The maximum Gasteiger partial charge on any atom is 0.244 e. The molecular formula is C27H32N4O2. The summed E-state index contributed by atoms with van der Waals surface area (Å²) in [7, 11) is 0. The van der Waals surface area contributed by atoms with Crippen LogP contribution >= 0.6 is 0 Å². The van der Waals surface area contributed by atoms with Gasteiger partial charge in [-0.15, -0.1) is 0 Å². The summed E-state index contributed by atoms with van der Waals surface area (Å²) in [4.78, 5) is 24.6. The Balaban J connectivity index is 1.59. The third-order valence-corrected chi connectivity index (χ3v) is 5.66. The van der Waals surface area contributed by atoms with Crippen molar-refractivity contribution in [1.82, 2.24) is 15.1 Å². The van der Waals surface area contributed by atoms with Crippen LogP contribution in [0, 0.1) is 41.5 Å². The van der Waals surface area contributed by atoms with Crippen LogP contribution < -0.4 is 10.6 Å². The van der Waals surface area contributed by atoms with Gasteiger partial charge in [0.15, 0.2) is 0 Å². The van der Waals surface area contributed by atoms with Crippen LogP contribution in [0.2, 0.25) is 0 Å². The minimum absolute atomic E-state index is 0.0966. The van der Waals surface area contributed by atoms with Gasteiger partial charge in [0.2, 0.25) is 11.8 Å². The van der Waals surface area contributed by atoms with Crippen LogP contribution in [0.1, 0.15) is 44.8 Å². The van der Waals surface area contributed by atoms with Crippen LogP contribution in [-0.2, 0) is 16.1 Å². The van der Waals surface area contributed by atoms with E-state index in [0.29, 0.717) is 6.54 Å². The second kappa shape index (κ2) is 10.3. The Hall–Kier alpha value is -3.67. The molecule has 33 heavy (non-hydrogen) atoms. The fourth-order valence-electron chi connectivity index (χ4n) is 3.92. The lowest BCUT2D eigenvalue weighted by Gasteiger charge is -2.13. The Kier molecular flexibility index (Phi) is 7.48. The van der Waals surface area contributed by atoms with Crippen molar-refractivity contribution in [3.8, 4) is 0 Å². The standard InChI is InChI=1S/C27H32N4O2/c1-17-7-9-23(10-8-17)16-31-22(6)24(21(5)30-31)11-12-25(32)28-15-26(33)29-27-19(3)13-18(2)14-20(27)4/h7-14H,15-16H2,1-6H3,(H,28,32)(H,29,33)/b12-11+. The lowest BCUT2D eigenvalue weighted by Crippen LogP contribution is -2.32. The predicted octanol–water partition coefficient (Wildman–Crippen LogP) is 4.55. The number of carbonyl (C=O) groups excluding carboxylic acids is 2. The Labute approximate surface area is 195 Å². The van der Waals surface area contributed by atoms with Gasteiger partial charge in [0.05, 0.1) is 18.8 Å². The van der Waals surface area contributed by atoms with Crippen molar-refractivity contribution in [2.45, 2.75) is 48.1 Å². The molecule has 6 nitrogen and oxygen atoms in total. The molecule has 0 unspecified atom stereocenters. The van der Waals surface area contributed by atoms with Crippen LogP contribution in [0.5, 0.6) is 0 Å². The summed E-state index contributed by atoms with van der Waals surface area (Å²) in [5.41, 5.74) is 9.09. The number of amides is 2. The van der Waals surface area contributed by atoms with E-state index in [9.17, 15) is 9.59 Å². The van der Waals surface area contributed by atoms with E-state index in [1.165, 1.54) is 17.2 Å². The Bertz CT molecular complexity index is 1180. The van der Waals surface area contributed by atoms with Gasteiger partial charge in [-0.1, -0.05) is 47.5 Å². The van der Waals surface area contributed by atoms with E-state index in [0.717, 1.165) is 39.3 Å². The van der Waals surface area contributed by atoms with Gasteiger partial charge in [0.25, 0.3) is 0 Å². The van der Waals surface area contributed by atoms with Gasteiger partial charge in [0, 0.05) is 23.0 Å². The maximum absolute atomic E-state index is 12.3. The number of rotatable bonds is 7. The van der Waals surface area contributed by atoms with E-state index in [1.54, 1.807) is 6.08 Å². The van der Waals surface area contributed by atoms with Crippen molar-refractivity contribution in [3.05, 3.63) is 87.2 Å². The second-order valence-corrected chi connectivity index (χ2v) is 8.60. The quantitative estimate of drug-likeness (QED) is 0.525. The molecule has 0 atom stereocenters. The highest BCUT2D eigenvalue weighted by Gasteiger charge is 2.11. The molecule has 1 heterocycles. The van der Waals surface area contributed by atoms with Gasteiger partial charge in [0.1, 0.15) is 0 Å². The van der Waals surface area contributed by atoms with Gasteiger partial charge in [-0.2, -0.15) is 5.10 Å². The maximum atomic E-state index is 12.3. The molecular weight excluding hydrogens is 412 g/mol. The summed E-state index contributed by atoms with van der Waals surface area (Å²) in [6.07, 6.45) is 3.20. The normalized spacial score (nSPS) is 11.1. The van der Waals surface area contributed by atoms with E-state index in [2.05, 4.69) is 46.9 Å². The second-order valence-electron chi connectivity index (χ2n) is 8.60. The zero-order valence-corrected chi connectivity index (χ0v) is 20.2. The zero-order valence-electron chi connectivity index (χ0n) is 20.2. The van der Waals surface area contributed by atoms with Crippen molar-refractivity contribution in [1.29, 1.82) is 0 Å². The Morgan fingerprint density at radius 2 is 1.58 bits per heavy atom. The zero-order chi connectivity index (χ0) is 24.1. The van der Waals surface area contributed by atoms with Crippen LogP contribution in [-0.4, -0.2) is 28.1 Å². The summed E-state index contributed by atoms with van der Waals surface area (Å²) in [6, 6.07) is 12.4. The lowest BCUT2D eigenvalue weighted by atomic mass is 10.1. The number of aromatic nitrogens is 2. The first kappa shape index (κ1) is 24.0. The minimum atomic E-state index is -0.326. The molecule has 172 valence electrons. The average Bonchev–Trinajstić information content (AvgIpc) is 3.01. The molecule has 6 heteroatoms. The molecule has 0 fully saturated rings. The summed E-state index contributed by atoms with van der Waals surface area (Å²) < 4.78 is 1.94. The third-order valence-electron chi connectivity index (χ3n) is 5.66. The summed E-state index contributed by atoms with van der Waals surface area (Å²) >= 11 is 0. The molecule has 3 rings (SSSR count). The van der Waals surface area contributed by atoms with E-state index >= 15 is 0 Å². The van der Waals surface area contributed by atoms with E-state index < -0.39 is 0 Å². The first-order valence-corrected chi connectivity index (χ1v) is 11.1. The van der Waals surface area contributed by atoms with Crippen LogP contribution in [0.25, 0.3) is 6.08 Å². The van der Waals surface area contributed by atoms with E-state index in [1.807, 2.05) is 51.4 Å². The molecule has 0 bridgehead atoms. The SMILES string of the molecule is Cc1ccc(Cn2nc(C)c(/C=C/C(=O)NCC(=O)Nc3c(C)cc(C)cc3C)c2C)cc1. The van der Waals surface area contributed by atoms with Crippen molar-refractivity contribution < 1.29 is 9.59 Å². The molecule has 0 spiro atoms. The van der Waals surface area contributed by atoms with Crippen molar-refractivity contribution in [3.63, 3.8) is 0 Å². The molecule has 0 saturated heterocycles. The molecule has 1 aromatic heterocycles. The van der Waals surface area contributed by atoms with E-state index in [-0.39, 0.29) is 18.4 Å². The number of hydrogen-bond acceptors (Lipinski definition) is 3. The molecule has 2 amide bonds. The molecule has 0 aliphatic carbocycles. The lowest BCUT2D eigenvalue weighted by molar-refractivity contribution is -0.121. The largest absolute Gasteiger partial charge is 0.343 e. The molecule has 2 aromatic carbocycles. The summed E-state index contributed by atoms with van der Waals surface area (Å²) in [6.45, 7) is 12.5. The van der Waals surface area contributed by atoms with Crippen molar-refractivity contribution in [2.24, 2.45) is 0 Å². The van der Waals surface area contributed by atoms with Crippen LogP contribution in [0.3, 0.4) is 0 Å². The highest BCUT2D eigenvalue weighted by Crippen LogP contribution is 2.21. The van der Waals surface area contributed by atoms with Gasteiger partial charge >= 0.3 is 0 Å². The summed E-state index contributed by atoms with van der Waals surface area (Å²) in [5.74, 6) is -0.585. The van der Waals surface area contributed by atoms with Crippen LogP contribution in [0.15, 0.2) is 42.5 Å². The molecule has 2 N–H and O–H groups in total. The topological polar surface area (TPSA) is 76.0 Å². The predicted molar refractivity (Wildman–Crippen MR) is 133 cm³/mol. The van der Waals surface area contributed by atoms with Crippen molar-refractivity contribution in [2.75, 3.05) is 11.9 Å². The van der Waals surface area contributed by atoms with E-state index in [4.69, 9.17) is 0 Å². The fraction of sp³-hybridized carbons (Fsp3) is 0.296. The molecule has 0 saturated carbocycles. The number of nitrogens with one attached hydrogen (secondary N) is 2. The van der Waals surface area contributed by atoms with Gasteiger partial charge in [-0.25, -0.2) is 0 Å². The molecule has 0 aliphatic rings.